The van der Waals surface area contributed by atoms with Gasteiger partial charge in [-0.25, -0.2) is 4.98 Å². The molecule has 0 atom stereocenters. The van der Waals surface area contributed by atoms with E-state index < -0.39 is 0 Å². The summed E-state index contributed by atoms with van der Waals surface area (Å²) >= 11 is 5.91. The van der Waals surface area contributed by atoms with Crippen LogP contribution in [0, 0.1) is 0 Å². The van der Waals surface area contributed by atoms with E-state index in [-0.39, 0.29) is 18.1 Å². The number of halogens is 1. The van der Waals surface area contributed by atoms with Crippen LogP contribution >= 0.6 is 11.6 Å². The summed E-state index contributed by atoms with van der Waals surface area (Å²) in [7, 11) is 0. The molecule has 18 heavy (non-hydrogen) atoms. The van der Waals surface area contributed by atoms with Gasteiger partial charge in [0, 0.05) is 17.3 Å². The van der Waals surface area contributed by atoms with Crippen molar-refractivity contribution in [2.45, 2.75) is 44.8 Å². The van der Waals surface area contributed by atoms with Gasteiger partial charge >= 0.3 is 0 Å². The van der Waals surface area contributed by atoms with Crippen LogP contribution in [0.4, 0.5) is 0 Å². The molecule has 1 aliphatic carbocycles. The predicted molar refractivity (Wildman–Crippen MR) is 69.7 cm³/mol. The third-order valence-corrected chi connectivity index (χ3v) is 3.26. The number of aliphatic hydroxyl groups is 1. The Morgan fingerprint density at radius 3 is 2.89 bits per heavy atom. The summed E-state index contributed by atoms with van der Waals surface area (Å²) in [5.41, 5.74) is 1.38. The van der Waals surface area contributed by atoms with E-state index in [4.69, 9.17) is 11.6 Å². The van der Waals surface area contributed by atoms with Crippen molar-refractivity contribution in [3.63, 3.8) is 0 Å². The summed E-state index contributed by atoms with van der Waals surface area (Å²) in [6.07, 6.45) is 2.76. The van der Waals surface area contributed by atoms with E-state index >= 15 is 0 Å². The third-order valence-electron chi connectivity index (χ3n) is 3.06. The van der Waals surface area contributed by atoms with Crippen LogP contribution in [-0.4, -0.2) is 28.1 Å². The fourth-order valence-corrected chi connectivity index (χ4v) is 2.27. The second-order valence-electron chi connectivity index (χ2n) is 4.72. The van der Waals surface area contributed by atoms with Crippen molar-refractivity contribution in [3.05, 3.63) is 28.5 Å². The molecule has 1 aromatic rings. The van der Waals surface area contributed by atoms with E-state index in [9.17, 15) is 9.90 Å². The maximum atomic E-state index is 12.0. The lowest BCUT2D eigenvalue weighted by Gasteiger charge is -2.31. The van der Waals surface area contributed by atoms with E-state index in [1.54, 1.807) is 12.1 Å². The van der Waals surface area contributed by atoms with Gasteiger partial charge in [-0.2, -0.15) is 0 Å². The minimum atomic E-state index is -0.271. The van der Waals surface area contributed by atoms with E-state index in [1.165, 1.54) is 0 Å². The maximum absolute atomic E-state index is 12.0. The average molecular weight is 269 g/mol. The first kappa shape index (κ1) is 13.3. The third kappa shape index (κ3) is 3.21. The molecule has 0 aliphatic heterocycles. The van der Waals surface area contributed by atoms with Crippen molar-refractivity contribution in [2.75, 3.05) is 0 Å². The maximum Gasteiger partial charge on any atom is 0.251 e. The topological polar surface area (TPSA) is 62.2 Å². The zero-order valence-electron chi connectivity index (χ0n) is 10.3. The summed E-state index contributed by atoms with van der Waals surface area (Å²) in [5, 5.41) is 12.4. The number of carbonyl (C=O) groups excluding carboxylic acids is 1. The number of aliphatic hydroxyl groups excluding tert-OH is 1. The van der Waals surface area contributed by atoms with Gasteiger partial charge in [0.15, 0.2) is 0 Å². The Kier molecular flexibility index (Phi) is 4.19. The van der Waals surface area contributed by atoms with Crippen LogP contribution in [0.5, 0.6) is 0 Å². The van der Waals surface area contributed by atoms with E-state index in [0.29, 0.717) is 23.6 Å². The second kappa shape index (κ2) is 5.67. The first-order valence-electron chi connectivity index (χ1n) is 6.24. The molecule has 0 radical (unpaired) electrons. The number of hydrogen-bond acceptors (Lipinski definition) is 3. The summed E-state index contributed by atoms with van der Waals surface area (Å²) in [4.78, 5) is 16.2. The molecule has 2 N–H and O–H groups in total. The Morgan fingerprint density at radius 1 is 1.56 bits per heavy atom. The minimum Gasteiger partial charge on any atom is -0.393 e. The minimum absolute atomic E-state index is 0.0778. The number of pyridine rings is 1. The number of amides is 1. The number of rotatable bonds is 4. The standard InChI is InChI=1S/C13H17ClN2O2/c1-2-3-9-4-8(5-12(14)15-9)13(18)16-10-6-11(17)7-10/h4-5,10-11,17H,2-3,6-7H2,1H3,(H,16,18). The number of aromatic nitrogens is 1. The molecule has 1 amide bonds. The highest BCUT2D eigenvalue weighted by molar-refractivity contribution is 6.29. The van der Waals surface area contributed by atoms with Crippen LogP contribution in [0.3, 0.4) is 0 Å². The van der Waals surface area contributed by atoms with Gasteiger partial charge in [0.1, 0.15) is 5.15 Å². The van der Waals surface area contributed by atoms with Gasteiger partial charge in [0.05, 0.1) is 6.10 Å². The fourth-order valence-electron chi connectivity index (χ4n) is 2.04. The quantitative estimate of drug-likeness (QED) is 0.821. The molecule has 0 spiro atoms. The number of nitrogens with zero attached hydrogens (tertiary/aromatic N) is 1. The molecular formula is C13H17ClN2O2. The zero-order valence-corrected chi connectivity index (χ0v) is 11.1. The molecule has 1 aromatic heterocycles. The Bertz CT molecular complexity index is 445. The van der Waals surface area contributed by atoms with Crippen molar-refractivity contribution in [3.8, 4) is 0 Å². The van der Waals surface area contributed by atoms with Gasteiger partial charge in [0.2, 0.25) is 0 Å². The Morgan fingerprint density at radius 2 is 2.28 bits per heavy atom. The van der Waals surface area contributed by atoms with Crippen molar-refractivity contribution in [1.82, 2.24) is 10.3 Å². The van der Waals surface area contributed by atoms with Crippen molar-refractivity contribution in [1.29, 1.82) is 0 Å². The van der Waals surface area contributed by atoms with Crippen LogP contribution in [0.15, 0.2) is 12.1 Å². The average Bonchev–Trinajstić information content (AvgIpc) is 2.26. The van der Waals surface area contributed by atoms with Crippen molar-refractivity contribution >= 4 is 17.5 Å². The first-order chi connectivity index (χ1) is 8.58. The van der Waals surface area contributed by atoms with Gasteiger partial charge in [-0.3, -0.25) is 4.79 Å². The molecule has 0 aromatic carbocycles. The van der Waals surface area contributed by atoms with Crippen LogP contribution in [-0.2, 0) is 6.42 Å². The smallest absolute Gasteiger partial charge is 0.251 e. The van der Waals surface area contributed by atoms with Crippen molar-refractivity contribution in [2.24, 2.45) is 0 Å². The fraction of sp³-hybridized carbons (Fsp3) is 0.538. The summed E-state index contributed by atoms with van der Waals surface area (Å²) in [5.74, 6) is -0.145. The second-order valence-corrected chi connectivity index (χ2v) is 5.10. The zero-order chi connectivity index (χ0) is 13.1. The van der Waals surface area contributed by atoms with Crippen LogP contribution in [0.25, 0.3) is 0 Å². The molecular weight excluding hydrogens is 252 g/mol. The normalized spacial score (nSPS) is 22.4. The molecule has 2 rings (SSSR count). The molecule has 4 nitrogen and oxygen atoms in total. The van der Waals surface area contributed by atoms with Gasteiger partial charge < -0.3 is 10.4 Å². The number of nitrogens with one attached hydrogen (secondary N) is 1. The lowest BCUT2D eigenvalue weighted by molar-refractivity contribution is 0.0562. The Balaban J connectivity index is 2.04. The van der Waals surface area contributed by atoms with Crippen LogP contribution < -0.4 is 5.32 Å². The largest absolute Gasteiger partial charge is 0.393 e. The van der Waals surface area contributed by atoms with Crippen LogP contribution in [0.2, 0.25) is 5.15 Å². The molecule has 0 unspecified atom stereocenters. The van der Waals surface area contributed by atoms with E-state index in [1.807, 2.05) is 0 Å². The molecule has 1 aliphatic rings. The monoisotopic (exact) mass is 268 g/mol. The van der Waals surface area contributed by atoms with Gasteiger partial charge in [0.25, 0.3) is 5.91 Å². The highest BCUT2D eigenvalue weighted by atomic mass is 35.5. The molecule has 98 valence electrons. The van der Waals surface area contributed by atoms with Gasteiger partial charge in [-0.15, -0.1) is 0 Å². The Hall–Kier alpha value is -1.13. The van der Waals surface area contributed by atoms with Gasteiger partial charge in [-0.1, -0.05) is 24.9 Å². The lowest BCUT2D eigenvalue weighted by Crippen LogP contribution is -2.46. The van der Waals surface area contributed by atoms with E-state index in [2.05, 4.69) is 17.2 Å². The highest BCUT2D eigenvalue weighted by Crippen LogP contribution is 2.20. The molecule has 5 heteroatoms. The summed E-state index contributed by atoms with van der Waals surface area (Å²) in [6.45, 7) is 2.05. The lowest BCUT2D eigenvalue weighted by atomic mass is 9.89. The molecule has 1 saturated carbocycles. The summed E-state index contributed by atoms with van der Waals surface area (Å²) < 4.78 is 0. The molecule has 1 heterocycles. The number of hydrogen-bond donors (Lipinski definition) is 2. The molecule has 1 fully saturated rings. The highest BCUT2D eigenvalue weighted by Gasteiger charge is 2.28. The summed E-state index contributed by atoms with van der Waals surface area (Å²) in [6, 6.07) is 3.43. The first-order valence-corrected chi connectivity index (χ1v) is 6.61. The molecule has 0 saturated heterocycles. The van der Waals surface area contributed by atoms with Crippen LogP contribution in [0.1, 0.15) is 42.2 Å². The Labute approximate surface area is 111 Å². The van der Waals surface area contributed by atoms with Gasteiger partial charge in [-0.05, 0) is 31.4 Å². The SMILES string of the molecule is CCCc1cc(C(=O)NC2CC(O)C2)cc(Cl)n1. The predicted octanol–water partition coefficient (Wildman–Crippen LogP) is 1.94. The number of carbonyl (C=O) groups is 1. The molecule has 0 bridgehead atoms. The number of aryl methyl sites for hydroxylation is 1. The van der Waals surface area contributed by atoms with E-state index in [0.717, 1.165) is 18.5 Å². The van der Waals surface area contributed by atoms with Crippen molar-refractivity contribution < 1.29 is 9.90 Å².